The van der Waals surface area contributed by atoms with E-state index in [1.807, 2.05) is 44.3 Å². The van der Waals surface area contributed by atoms with Crippen LogP contribution in [0.3, 0.4) is 0 Å². The molecule has 3 aromatic rings. The predicted octanol–water partition coefficient (Wildman–Crippen LogP) is 2.86. The number of hydrogen-bond donors (Lipinski definition) is 1. The fourth-order valence-electron chi connectivity index (χ4n) is 2.51. The molecule has 0 aliphatic heterocycles. The van der Waals surface area contributed by atoms with Crippen LogP contribution in [0.1, 0.15) is 16.1 Å². The van der Waals surface area contributed by atoms with Gasteiger partial charge in [-0.2, -0.15) is 5.10 Å². The molecule has 2 heterocycles. The first kappa shape index (κ1) is 15.0. The second kappa shape index (κ2) is 6.04. The molecule has 1 N–H and O–H groups in total. The van der Waals surface area contributed by atoms with Crippen molar-refractivity contribution in [2.45, 2.75) is 6.92 Å². The third-order valence-corrected chi connectivity index (χ3v) is 3.88. The Morgan fingerprint density at radius 3 is 2.87 bits per heavy atom. The van der Waals surface area contributed by atoms with E-state index in [4.69, 9.17) is 0 Å². The van der Waals surface area contributed by atoms with E-state index in [0.29, 0.717) is 12.1 Å². The molecule has 5 nitrogen and oxygen atoms in total. The van der Waals surface area contributed by atoms with Crippen molar-refractivity contribution < 1.29 is 4.79 Å². The Labute approximate surface area is 134 Å². The second-order valence-electron chi connectivity index (χ2n) is 5.34. The van der Waals surface area contributed by atoms with Crippen LogP contribution >= 0.6 is 0 Å². The van der Waals surface area contributed by atoms with E-state index in [2.05, 4.69) is 22.0 Å². The van der Waals surface area contributed by atoms with Gasteiger partial charge in [-0.1, -0.05) is 24.3 Å². The minimum Gasteiger partial charge on any atom is -0.349 e. The van der Waals surface area contributed by atoms with E-state index in [1.54, 1.807) is 17.0 Å². The van der Waals surface area contributed by atoms with E-state index < -0.39 is 0 Å². The molecule has 23 heavy (non-hydrogen) atoms. The number of nitrogens with one attached hydrogen (secondary N) is 1. The summed E-state index contributed by atoms with van der Waals surface area (Å²) in [4.78, 5) is 17.2. The van der Waals surface area contributed by atoms with Crippen LogP contribution in [-0.4, -0.2) is 27.2 Å². The molecule has 0 unspecified atom stereocenters. The first-order valence-electron chi connectivity index (χ1n) is 7.39. The number of rotatable bonds is 4. The topological polar surface area (TPSA) is 59.8 Å². The highest BCUT2D eigenvalue weighted by molar-refractivity contribution is 6.07. The third-order valence-electron chi connectivity index (χ3n) is 3.88. The molecule has 5 heteroatoms. The summed E-state index contributed by atoms with van der Waals surface area (Å²) >= 11 is 0. The van der Waals surface area contributed by atoms with E-state index in [1.165, 1.54) is 0 Å². The zero-order valence-electron chi connectivity index (χ0n) is 13.2. The number of hydrogen-bond acceptors (Lipinski definition) is 3. The molecule has 0 aliphatic carbocycles. The molecule has 0 bridgehead atoms. The van der Waals surface area contributed by atoms with E-state index in [9.17, 15) is 4.79 Å². The summed E-state index contributed by atoms with van der Waals surface area (Å²) in [5, 5.41) is 7.93. The number of para-hydroxylation sites is 1. The molecule has 3 rings (SSSR count). The van der Waals surface area contributed by atoms with Crippen molar-refractivity contribution in [2.75, 3.05) is 6.54 Å². The highest BCUT2D eigenvalue weighted by atomic mass is 16.1. The van der Waals surface area contributed by atoms with Gasteiger partial charge in [0.05, 0.1) is 23.0 Å². The van der Waals surface area contributed by atoms with Crippen molar-refractivity contribution in [3.63, 3.8) is 0 Å². The number of nitrogens with zero attached hydrogens (tertiary/aromatic N) is 3. The third kappa shape index (κ3) is 2.73. The lowest BCUT2D eigenvalue weighted by Crippen LogP contribution is -2.23. The van der Waals surface area contributed by atoms with Gasteiger partial charge in [-0.3, -0.25) is 9.48 Å². The Hall–Kier alpha value is -2.95. The number of aryl methyl sites for hydroxylation is 1. The Kier molecular flexibility index (Phi) is 3.93. The first-order chi connectivity index (χ1) is 11.1. The van der Waals surface area contributed by atoms with Gasteiger partial charge in [0.15, 0.2) is 0 Å². The molecular formula is C18H18N4O. The second-order valence-corrected chi connectivity index (χ2v) is 5.34. The largest absolute Gasteiger partial charge is 0.349 e. The maximum Gasteiger partial charge on any atom is 0.252 e. The lowest BCUT2D eigenvalue weighted by atomic mass is 10.0. The lowest BCUT2D eigenvalue weighted by Gasteiger charge is -2.09. The first-order valence-corrected chi connectivity index (χ1v) is 7.39. The van der Waals surface area contributed by atoms with Crippen molar-refractivity contribution >= 4 is 16.8 Å². The van der Waals surface area contributed by atoms with Gasteiger partial charge in [-0.25, -0.2) is 4.98 Å². The summed E-state index contributed by atoms with van der Waals surface area (Å²) in [6.45, 7) is 6.04. The van der Waals surface area contributed by atoms with E-state index >= 15 is 0 Å². The van der Waals surface area contributed by atoms with Crippen LogP contribution in [-0.2, 0) is 7.05 Å². The Morgan fingerprint density at radius 2 is 2.17 bits per heavy atom. The molecule has 0 saturated carbocycles. The van der Waals surface area contributed by atoms with Gasteiger partial charge < -0.3 is 5.32 Å². The van der Waals surface area contributed by atoms with Crippen molar-refractivity contribution in [1.29, 1.82) is 0 Å². The minimum atomic E-state index is -0.133. The average Bonchev–Trinajstić information content (AvgIpc) is 2.91. The zero-order chi connectivity index (χ0) is 16.4. The fraction of sp³-hybridized carbons (Fsp3) is 0.167. The summed E-state index contributed by atoms with van der Waals surface area (Å²) in [6.07, 6.45) is 3.44. The molecule has 2 aromatic heterocycles. The summed E-state index contributed by atoms with van der Waals surface area (Å²) in [5.74, 6) is -0.133. The molecule has 0 spiro atoms. The Balaban J connectivity index is 2.19. The molecule has 116 valence electrons. The highest BCUT2D eigenvalue weighted by Crippen LogP contribution is 2.26. The van der Waals surface area contributed by atoms with Gasteiger partial charge >= 0.3 is 0 Å². The quantitative estimate of drug-likeness (QED) is 0.754. The van der Waals surface area contributed by atoms with Crippen molar-refractivity contribution in [2.24, 2.45) is 7.05 Å². The van der Waals surface area contributed by atoms with Crippen LogP contribution < -0.4 is 5.32 Å². The van der Waals surface area contributed by atoms with Gasteiger partial charge in [0.1, 0.15) is 0 Å². The SMILES string of the molecule is C=CCNC(=O)c1cc(-c2cnn(C)c2C)nc2ccccc12. The van der Waals surface area contributed by atoms with Crippen LogP contribution in [0, 0.1) is 6.92 Å². The van der Waals surface area contributed by atoms with Crippen LogP contribution in [0.15, 0.2) is 49.2 Å². The van der Waals surface area contributed by atoms with Crippen molar-refractivity contribution in [3.05, 3.63) is 60.4 Å². The van der Waals surface area contributed by atoms with Gasteiger partial charge in [0, 0.05) is 30.2 Å². The summed E-state index contributed by atoms with van der Waals surface area (Å²) in [6, 6.07) is 9.47. The number of pyridine rings is 1. The number of fused-ring (bicyclic) bond motifs is 1. The van der Waals surface area contributed by atoms with Crippen molar-refractivity contribution in [1.82, 2.24) is 20.1 Å². The normalized spacial score (nSPS) is 10.7. The van der Waals surface area contributed by atoms with Gasteiger partial charge in [-0.05, 0) is 19.1 Å². The Morgan fingerprint density at radius 1 is 1.39 bits per heavy atom. The molecule has 0 saturated heterocycles. The Bertz CT molecular complexity index is 895. The van der Waals surface area contributed by atoms with Crippen LogP contribution in [0.5, 0.6) is 0 Å². The maximum absolute atomic E-state index is 12.5. The minimum absolute atomic E-state index is 0.133. The molecule has 0 radical (unpaired) electrons. The standard InChI is InChI=1S/C18H18N4O/c1-4-9-19-18(23)14-10-17(15-11-20-22(3)12(15)2)21-16-8-6-5-7-13(14)16/h4-8,10-11H,1,9H2,2-3H3,(H,19,23). The average molecular weight is 306 g/mol. The smallest absolute Gasteiger partial charge is 0.252 e. The van der Waals surface area contributed by atoms with Crippen LogP contribution in [0.25, 0.3) is 22.2 Å². The van der Waals surface area contributed by atoms with E-state index in [-0.39, 0.29) is 5.91 Å². The van der Waals surface area contributed by atoms with Crippen LogP contribution in [0.4, 0.5) is 0 Å². The van der Waals surface area contributed by atoms with Gasteiger partial charge in [-0.15, -0.1) is 6.58 Å². The molecular weight excluding hydrogens is 288 g/mol. The predicted molar refractivity (Wildman–Crippen MR) is 91.2 cm³/mol. The number of benzene rings is 1. The molecule has 0 fully saturated rings. The highest BCUT2D eigenvalue weighted by Gasteiger charge is 2.15. The molecule has 0 atom stereocenters. The van der Waals surface area contributed by atoms with E-state index in [0.717, 1.165) is 27.9 Å². The molecule has 1 amide bonds. The van der Waals surface area contributed by atoms with Gasteiger partial charge in [0.2, 0.25) is 0 Å². The van der Waals surface area contributed by atoms with Crippen LogP contribution in [0.2, 0.25) is 0 Å². The van der Waals surface area contributed by atoms with Crippen molar-refractivity contribution in [3.8, 4) is 11.3 Å². The summed E-state index contributed by atoms with van der Waals surface area (Å²) in [5.41, 5.74) is 4.08. The molecule has 1 aromatic carbocycles. The lowest BCUT2D eigenvalue weighted by molar-refractivity contribution is 0.0959. The molecule has 0 aliphatic rings. The number of amides is 1. The zero-order valence-corrected chi connectivity index (χ0v) is 13.2. The maximum atomic E-state index is 12.5. The number of carbonyl (C=O) groups excluding carboxylic acids is 1. The van der Waals surface area contributed by atoms with Gasteiger partial charge in [0.25, 0.3) is 5.91 Å². The summed E-state index contributed by atoms with van der Waals surface area (Å²) < 4.78 is 1.80. The monoisotopic (exact) mass is 306 g/mol. The number of carbonyl (C=O) groups is 1. The summed E-state index contributed by atoms with van der Waals surface area (Å²) in [7, 11) is 1.89. The fourth-order valence-corrected chi connectivity index (χ4v) is 2.51. The number of aromatic nitrogens is 3.